The van der Waals surface area contributed by atoms with Crippen molar-refractivity contribution in [3.63, 3.8) is 0 Å². The first-order valence-corrected chi connectivity index (χ1v) is 6.31. The summed E-state index contributed by atoms with van der Waals surface area (Å²) >= 11 is 0. The molecule has 2 rings (SSSR count). The highest BCUT2D eigenvalue weighted by molar-refractivity contribution is 5.94. The van der Waals surface area contributed by atoms with Crippen molar-refractivity contribution in [2.24, 2.45) is 0 Å². The first-order valence-electron chi connectivity index (χ1n) is 6.31. The van der Waals surface area contributed by atoms with E-state index in [1.54, 1.807) is 49.6 Å². The summed E-state index contributed by atoms with van der Waals surface area (Å²) in [6.45, 7) is 1.24. The molecule has 21 heavy (non-hydrogen) atoms. The van der Waals surface area contributed by atoms with Gasteiger partial charge >= 0.3 is 5.97 Å². The van der Waals surface area contributed by atoms with E-state index in [4.69, 9.17) is 9.84 Å². The summed E-state index contributed by atoms with van der Waals surface area (Å²) < 4.78 is 6.66. The fraction of sp³-hybridized carbons (Fsp3) is 0.214. The highest BCUT2D eigenvalue weighted by atomic mass is 16.5. The number of ether oxygens (including phenoxy) is 1. The molecule has 0 fully saturated rings. The molecule has 7 heteroatoms. The van der Waals surface area contributed by atoms with Crippen molar-refractivity contribution in [3.05, 3.63) is 42.7 Å². The van der Waals surface area contributed by atoms with E-state index < -0.39 is 18.6 Å². The second-order valence-electron chi connectivity index (χ2n) is 4.33. The summed E-state index contributed by atoms with van der Waals surface area (Å²) in [6.07, 6.45) is 3.28. The lowest BCUT2D eigenvalue weighted by Gasteiger charge is -2.15. The van der Waals surface area contributed by atoms with E-state index in [0.29, 0.717) is 11.4 Å². The minimum atomic E-state index is -1.08. The van der Waals surface area contributed by atoms with Crippen molar-refractivity contribution in [2.75, 3.05) is 11.9 Å². The SMILES string of the molecule is CC(C(=O)Nc1ccccc1OCC(=O)O)n1cccn1. The zero-order valence-corrected chi connectivity index (χ0v) is 11.4. The molecule has 7 nitrogen and oxygen atoms in total. The Morgan fingerprint density at radius 1 is 1.38 bits per heavy atom. The Morgan fingerprint density at radius 3 is 2.81 bits per heavy atom. The van der Waals surface area contributed by atoms with Gasteiger partial charge in [0.25, 0.3) is 0 Å². The van der Waals surface area contributed by atoms with Crippen LogP contribution in [-0.2, 0) is 9.59 Å². The Kier molecular flexibility index (Phi) is 4.55. The molecule has 1 unspecified atom stereocenters. The first kappa shape index (κ1) is 14.6. The molecule has 2 aromatic rings. The average Bonchev–Trinajstić information content (AvgIpc) is 2.99. The van der Waals surface area contributed by atoms with Crippen LogP contribution in [0.1, 0.15) is 13.0 Å². The van der Waals surface area contributed by atoms with Crippen LogP contribution in [0, 0.1) is 0 Å². The number of nitrogens with one attached hydrogen (secondary N) is 1. The highest BCUT2D eigenvalue weighted by Gasteiger charge is 2.16. The second kappa shape index (κ2) is 6.56. The molecule has 0 spiro atoms. The van der Waals surface area contributed by atoms with Gasteiger partial charge < -0.3 is 15.2 Å². The van der Waals surface area contributed by atoms with Crippen molar-refractivity contribution < 1.29 is 19.4 Å². The standard InChI is InChI=1S/C14H15N3O4/c1-10(17-8-4-7-15-17)14(20)16-11-5-2-3-6-12(11)21-9-13(18)19/h2-8,10H,9H2,1H3,(H,16,20)(H,18,19). The number of aromatic nitrogens is 2. The molecule has 1 amide bonds. The van der Waals surface area contributed by atoms with Gasteiger partial charge in [-0.25, -0.2) is 4.79 Å². The number of carbonyl (C=O) groups excluding carboxylic acids is 1. The van der Waals surface area contributed by atoms with Gasteiger partial charge in [0.2, 0.25) is 5.91 Å². The lowest BCUT2D eigenvalue weighted by Crippen LogP contribution is -2.24. The number of para-hydroxylation sites is 2. The van der Waals surface area contributed by atoms with Gasteiger partial charge in [0, 0.05) is 12.4 Å². The van der Waals surface area contributed by atoms with Crippen molar-refractivity contribution in [3.8, 4) is 5.75 Å². The van der Waals surface area contributed by atoms with Crippen LogP contribution in [0.4, 0.5) is 5.69 Å². The molecular formula is C14H15N3O4. The van der Waals surface area contributed by atoms with Crippen LogP contribution in [0.5, 0.6) is 5.75 Å². The molecule has 0 saturated carbocycles. The van der Waals surface area contributed by atoms with Gasteiger partial charge in [-0.2, -0.15) is 5.10 Å². The molecule has 0 aliphatic rings. The van der Waals surface area contributed by atoms with Crippen LogP contribution in [0.3, 0.4) is 0 Å². The summed E-state index contributed by atoms with van der Waals surface area (Å²) in [5.74, 6) is -1.05. The van der Waals surface area contributed by atoms with E-state index in [-0.39, 0.29) is 5.91 Å². The van der Waals surface area contributed by atoms with Crippen LogP contribution >= 0.6 is 0 Å². The van der Waals surface area contributed by atoms with Crippen LogP contribution in [-0.4, -0.2) is 33.4 Å². The second-order valence-corrected chi connectivity index (χ2v) is 4.33. The summed E-state index contributed by atoms with van der Waals surface area (Å²) in [7, 11) is 0. The molecule has 0 aliphatic carbocycles. The third-order valence-corrected chi connectivity index (χ3v) is 2.80. The fourth-order valence-electron chi connectivity index (χ4n) is 1.70. The van der Waals surface area contributed by atoms with E-state index >= 15 is 0 Å². The number of rotatable bonds is 6. The van der Waals surface area contributed by atoms with Gasteiger partial charge in [-0.05, 0) is 25.1 Å². The summed E-state index contributed by atoms with van der Waals surface area (Å²) in [4.78, 5) is 22.7. The smallest absolute Gasteiger partial charge is 0.341 e. The van der Waals surface area contributed by atoms with E-state index in [9.17, 15) is 9.59 Å². The summed E-state index contributed by atoms with van der Waals surface area (Å²) in [5, 5.41) is 15.3. The highest BCUT2D eigenvalue weighted by Crippen LogP contribution is 2.24. The van der Waals surface area contributed by atoms with E-state index in [1.807, 2.05) is 0 Å². The third kappa shape index (κ3) is 3.82. The van der Waals surface area contributed by atoms with E-state index in [0.717, 1.165) is 0 Å². The molecule has 1 aromatic carbocycles. The quantitative estimate of drug-likeness (QED) is 0.841. The van der Waals surface area contributed by atoms with Gasteiger partial charge in [0.05, 0.1) is 5.69 Å². The maximum Gasteiger partial charge on any atom is 0.341 e. The average molecular weight is 289 g/mol. The first-order chi connectivity index (χ1) is 10.1. The number of aliphatic carboxylic acids is 1. The van der Waals surface area contributed by atoms with Crippen molar-refractivity contribution >= 4 is 17.6 Å². The third-order valence-electron chi connectivity index (χ3n) is 2.80. The lowest BCUT2D eigenvalue weighted by molar-refractivity contribution is -0.139. The molecule has 110 valence electrons. The number of hydrogen-bond acceptors (Lipinski definition) is 4. The topological polar surface area (TPSA) is 93.5 Å². The minimum Gasteiger partial charge on any atom is -0.480 e. The van der Waals surface area contributed by atoms with Crippen LogP contribution < -0.4 is 10.1 Å². The van der Waals surface area contributed by atoms with Gasteiger partial charge in [-0.1, -0.05) is 12.1 Å². The van der Waals surface area contributed by atoms with Crippen LogP contribution in [0.2, 0.25) is 0 Å². The lowest BCUT2D eigenvalue weighted by atomic mass is 10.2. The van der Waals surface area contributed by atoms with Crippen LogP contribution in [0.25, 0.3) is 0 Å². The number of benzene rings is 1. The Balaban J connectivity index is 2.08. The fourth-order valence-corrected chi connectivity index (χ4v) is 1.70. The predicted octanol–water partition coefficient (Wildman–Crippen LogP) is 1.55. The molecular weight excluding hydrogens is 274 g/mol. The van der Waals surface area contributed by atoms with E-state index in [2.05, 4.69) is 10.4 Å². The zero-order chi connectivity index (χ0) is 15.2. The number of nitrogens with zero attached hydrogens (tertiary/aromatic N) is 2. The minimum absolute atomic E-state index is 0.273. The molecule has 1 atom stereocenters. The number of carboxylic acids is 1. The largest absolute Gasteiger partial charge is 0.480 e. The number of hydrogen-bond donors (Lipinski definition) is 2. The van der Waals surface area contributed by atoms with Crippen molar-refractivity contribution in [2.45, 2.75) is 13.0 Å². The summed E-state index contributed by atoms with van der Waals surface area (Å²) in [5.41, 5.74) is 0.419. The molecule has 0 aliphatic heterocycles. The van der Waals surface area contributed by atoms with Crippen LogP contribution in [0.15, 0.2) is 42.7 Å². The van der Waals surface area contributed by atoms with Gasteiger partial charge in [0.1, 0.15) is 11.8 Å². The molecule has 0 radical (unpaired) electrons. The summed E-state index contributed by atoms with van der Waals surface area (Å²) in [6, 6.07) is 7.90. The number of carboxylic acid groups (broad SMARTS) is 1. The van der Waals surface area contributed by atoms with E-state index in [1.165, 1.54) is 4.68 Å². The maximum absolute atomic E-state index is 12.2. The van der Waals surface area contributed by atoms with Crippen molar-refractivity contribution in [1.82, 2.24) is 9.78 Å². The zero-order valence-electron chi connectivity index (χ0n) is 11.4. The normalized spacial score (nSPS) is 11.7. The molecule has 0 saturated heterocycles. The maximum atomic E-state index is 12.2. The molecule has 1 aromatic heterocycles. The Hall–Kier alpha value is -2.83. The monoisotopic (exact) mass is 289 g/mol. The Morgan fingerprint density at radius 2 is 2.14 bits per heavy atom. The Labute approximate surface area is 121 Å². The predicted molar refractivity (Wildman–Crippen MR) is 75.1 cm³/mol. The number of carbonyl (C=O) groups is 2. The molecule has 2 N–H and O–H groups in total. The number of anilines is 1. The van der Waals surface area contributed by atoms with Gasteiger partial charge in [-0.15, -0.1) is 0 Å². The molecule has 1 heterocycles. The number of amides is 1. The van der Waals surface area contributed by atoms with Gasteiger partial charge in [0.15, 0.2) is 6.61 Å². The van der Waals surface area contributed by atoms with Crippen molar-refractivity contribution in [1.29, 1.82) is 0 Å². The Bertz CT molecular complexity index is 625. The molecule has 0 bridgehead atoms. The van der Waals surface area contributed by atoms with Gasteiger partial charge in [-0.3, -0.25) is 9.48 Å².